The van der Waals surface area contributed by atoms with Crippen LogP contribution < -0.4 is 5.32 Å². The molecule has 1 heterocycles. The average molecular weight is 363 g/mol. The van der Waals surface area contributed by atoms with Gasteiger partial charge in [0, 0.05) is 10.7 Å². The summed E-state index contributed by atoms with van der Waals surface area (Å²) in [6, 6.07) is 3.99. The average Bonchev–Trinajstić information content (AvgIpc) is 2.40. The maximum absolute atomic E-state index is 13.3. The zero-order chi connectivity index (χ0) is 15.6. The van der Waals surface area contributed by atoms with Crippen LogP contribution in [-0.4, -0.2) is 12.0 Å². The molecule has 1 N–H and O–H groups in total. The molecule has 0 aliphatic heterocycles. The number of hydrogen-bond donors (Lipinski definition) is 1. The number of nitrogens with zero attached hydrogens (tertiary/aromatic N) is 1. The van der Waals surface area contributed by atoms with Gasteiger partial charge >= 0.3 is 6.18 Å². The molecule has 0 fully saturated rings. The lowest BCUT2D eigenvalue weighted by Gasteiger charge is -2.20. The molecular weight excluding hydrogens is 352 g/mol. The minimum absolute atomic E-state index is 0.361. The molecule has 2 rings (SSSR count). The van der Waals surface area contributed by atoms with Gasteiger partial charge in [0.1, 0.15) is 5.82 Å². The Kier molecular flexibility index (Phi) is 4.63. The normalized spacial score (nSPS) is 13.2. The van der Waals surface area contributed by atoms with Gasteiger partial charge in [-0.3, -0.25) is 4.98 Å². The summed E-state index contributed by atoms with van der Waals surface area (Å²) in [7, 11) is 1.59. The first kappa shape index (κ1) is 15.9. The fourth-order valence-electron chi connectivity index (χ4n) is 2.03. The molecule has 0 radical (unpaired) electrons. The highest BCUT2D eigenvalue weighted by Crippen LogP contribution is 2.35. The van der Waals surface area contributed by atoms with Gasteiger partial charge in [0.15, 0.2) is 0 Å². The molecule has 0 aliphatic rings. The predicted molar refractivity (Wildman–Crippen MR) is 74.2 cm³/mol. The molecule has 0 spiro atoms. The van der Waals surface area contributed by atoms with Gasteiger partial charge in [-0.15, -0.1) is 0 Å². The van der Waals surface area contributed by atoms with Crippen LogP contribution >= 0.6 is 15.9 Å². The van der Waals surface area contributed by atoms with E-state index in [9.17, 15) is 17.6 Å². The Morgan fingerprint density at radius 2 is 1.90 bits per heavy atom. The number of alkyl halides is 3. The third-order valence-electron chi connectivity index (χ3n) is 2.98. The van der Waals surface area contributed by atoms with Crippen LogP contribution in [0.25, 0.3) is 0 Å². The summed E-state index contributed by atoms with van der Waals surface area (Å²) >= 11 is 3.23. The van der Waals surface area contributed by atoms with E-state index in [1.54, 1.807) is 7.05 Å². The van der Waals surface area contributed by atoms with Crippen LogP contribution in [0, 0.1) is 5.82 Å². The summed E-state index contributed by atoms with van der Waals surface area (Å²) in [5.74, 6) is -0.546. The van der Waals surface area contributed by atoms with Crippen molar-refractivity contribution in [2.45, 2.75) is 12.2 Å². The van der Waals surface area contributed by atoms with Crippen molar-refractivity contribution in [3.8, 4) is 0 Å². The molecule has 0 saturated carbocycles. The summed E-state index contributed by atoms with van der Waals surface area (Å²) in [5.41, 5.74) is 0.0440. The molecule has 1 unspecified atom stereocenters. The van der Waals surface area contributed by atoms with E-state index in [2.05, 4.69) is 26.2 Å². The van der Waals surface area contributed by atoms with Crippen molar-refractivity contribution in [1.29, 1.82) is 0 Å². The van der Waals surface area contributed by atoms with Gasteiger partial charge in [-0.1, -0.05) is 15.9 Å². The minimum Gasteiger partial charge on any atom is -0.309 e. The molecule has 7 heteroatoms. The van der Waals surface area contributed by atoms with Crippen molar-refractivity contribution in [3.05, 3.63) is 63.6 Å². The predicted octanol–water partition coefficient (Wildman–Crippen LogP) is 4.31. The van der Waals surface area contributed by atoms with Crippen LogP contribution in [0.5, 0.6) is 0 Å². The van der Waals surface area contributed by atoms with Crippen LogP contribution in [0.3, 0.4) is 0 Å². The highest BCUT2D eigenvalue weighted by atomic mass is 79.9. The second kappa shape index (κ2) is 6.11. The smallest absolute Gasteiger partial charge is 0.309 e. The van der Waals surface area contributed by atoms with E-state index in [4.69, 9.17) is 0 Å². The first-order chi connectivity index (χ1) is 9.82. The van der Waals surface area contributed by atoms with E-state index in [0.717, 1.165) is 18.3 Å². The summed E-state index contributed by atoms with van der Waals surface area (Å²) in [4.78, 5) is 3.73. The lowest BCUT2D eigenvalue weighted by atomic mass is 9.98. The number of benzene rings is 1. The monoisotopic (exact) mass is 362 g/mol. The van der Waals surface area contributed by atoms with Crippen molar-refractivity contribution in [3.63, 3.8) is 0 Å². The molecule has 21 heavy (non-hydrogen) atoms. The first-order valence-electron chi connectivity index (χ1n) is 5.97. The van der Waals surface area contributed by atoms with Gasteiger partial charge in [-0.05, 0) is 42.4 Å². The van der Waals surface area contributed by atoms with Gasteiger partial charge in [0.25, 0.3) is 0 Å². The van der Waals surface area contributed by atoms with Crippen molar-refractivity contribution >= 4 is 15.9 Å². The van der Waals surface area contributed by atoms with Crippen molar-refractivity contribution in [1.82, 2.24) is 10.3 Å². The van der Waals surface area contributed by atoms with E-state index in [-0.39, 0.29) is 0 Å². The number of rotatable bonds is 3. The van der Waals surface area contributed by atoms with Crippen molar-refractivity contribution in [2.24, 2.45) is 0 Å². The molecule has 1 aromatic heterocycles. The molecule has 0 saturated heterocycles. The Balaban J connectivity index is 2.52. The Morgan fingerprint density at radius 3 is 2.48 bits per heavy atom. The van der Waals surface area contributed by atoms with Crippen molar-refractivity contribution in [2.75, 3.05) is 7.05 Å². The van der Waals surface area contributed by atoms with E-state index in [1.807, 2.05) is 0 Å². The maximum atomic E-state index is 13.3. The summed E-state index contributed by atoms with van der Waals surface area (Å²) < 4.78 is 52.2. The second-order valence-corrected chi connectivity index (χ2v) is 5.25. The Morgan fingerprint density at radius 1 is 1.19 bits per heavy atom. The maximum Gasteiger partial charge on any atom is 0.416 e. The molecule has 1 atom stereocenters. The zero-order valence-electron chi connectivity index (χ0n) is 10.9. The van der Waals surface area contributed by atoms with Gasteiger partial charge < -0.3 is 5.32 Å². The second-order valence-electron chi connectivity index (χ2n) is 4.39. The Labute approximate surface area is 127 Å². The van der Waals surface area contributed by atoms with Crippen LogP contribution in [0.2, 0.25) is 0 Å². The number of nitrogens with one attached hydrogen (secondary N) is 1. The van der Waals surface area contributed by atoms with Crippen LogP contribution in [0.1, 0.15) is 22.7 Å². The van der Waals surface area contributed by atoms with Crippen molar-refractivity contribution < 1.29 is 17.6 Å². The Hall–Kier alpha value is -1.47. The highest BCUT2D eigenvalue weighted by Gasteiger charge is 2.31. The molecule has 0 bridgehead atoms. The number of hydrogen-bond acceptors (Lipinski definition) is 2. The standard InChI is InChI=1S/C14H11BrF4N2/c1-20-13(8-4-10(16)7-21-6-8)11-5-9(14(17,18)19)2-3-12(11)15/h2-7,13,20H,1H3. The van der Waals surface area contributed by atoms with E-state index in [0.29, 0.717) is 15.6 Å². The summed E-state index contributed by atoms with van der Waals surface area (Å²) in [5, 5.41) is 2.88. The fourth-order valence-corrected chi connectivity index (χ4v) is 2.50. The van der Waals surface area contributed by atoms with E-state index in [1.165, 1.54) is 18.3 Å². The van der Waals surface area contributed by atoms with Gasteiger partial charge in [0.2, 0.25) is 0 Å². The lowest BCUT2D eigenvalue weighted by Crippen LogP contribution is -2.19. The minimum atomic E-state index is -4.44. The van der Waals surface area contributed by atoms with Crippen LogP contribution in [0.15, 0.2) is 41.1 Å². The molecule has 0 amide bonds. The number of pyridine rings is 1. The first-order valence-corrected chi connectivity index (χ1v) is 6.76. The molecule has 2 aromatic rings. The fraction of sp³-hybridized carbons (Fsp3) is 0.214. The Bertz CT molecular complexity index is 643. The molecule has 1 aromatic carbocycles. The van der Waals surface area contributed by atoms with Gasteiger partial charge in [-0.2, -0.15) is 13.2 Å². The zero-order valence-corrected chi connectivity index (χ0v) is 12.5. The third-order valence-corrected chi connectivity index (χ3v) is 3.70. The molecular formula is C14H11BrF4N2. The molecule has 112 valence electrons. The molecule has 2 nitrogen and oxygen atoms in total. The van der Waals surface area contributed by atoms with Crippen LogP contribution in [0.4, 0.5) is 17.6 Å². The lowest BCUT2D eigenvalue weighted by molar-refractivity contribution is -0.137. The van der Waals surface area contributed by atoms with Gasteiger partial charge in [-0.25, -0.2) is 4.39 Å². The van der Waals surface area contributed by atoms with Crippen LogP contribution in [-0.2, 0) is 6.18 Å². The molecule has 0 aliphatic carbocycles. The number of aromatic nitrogens is 1. The summed E-state index contributed by atoms with van der Waals surface area (Å²) in [6.45, 7) is 0. The SMILES string of the molecule is CNC(c1cncc(F)c1)c1cc(C(F)(F)F)ccc1Br. The topological polar surface area (TPSA) is 24.9 Å². The third kappa shape index (κ3) is 3.59. The largest absolute Gasteiger partial charge is 0.416 e. The summed E-state index contributed by atoms with van der Waals surface area (Å²) in [6.07, 6.45) is -1.98. The number of halogens is 5. The van der Waals surface area contributed by atoms with E-state index < -0.39 is 23.6 Å². The highest BCUT2D eigenvalue weighted by molar-refractivity contribution is 9.10. The van der Waals surface area contributed by atoms with E-state index >= 15 is 0 Å². The quantitative estimate of drug-likeness (QED) is 0.823. The van der Waals surface area contributed by atoms with Gasteiger partial charge in [0.05, 0.1) is 17.8 Å².